The van der Waals surface area contributed by atoms with Crippen LogP contribution < -0.4 is 5.73 Å². The van der Waals surface area contributed by atoms with Gasteiger partial charge in [-0.15, -0.1) is 0 Å². The predicted molar refractivity (Wildman–Crippen MR) is 61.1 cm³/mol. The number of nitrogens with two attached hydrogens (primary N) is 1. The van der Waals surface area contributed by atoms with Crippen molar-refractivity contribution in [2.24, 2.45) is 17.1 Å². The third kappa shape index (κ3) is 2.47. The average Bonchev–Trinajstić information content (AvgIpc) is 2.14. The van der Waals surface area contributed by atoms with Crippen LogP contribution in [0.25, 0.3) is 0 Å². The topological polar surface area (TPSA) is 86.8 Å². The molecule has 0 aromatic rings. The minimum atomic E-state index is -0.963. The molecule has 0 aromatic heterocycles. The molecule has 1 aliphatic rings. The summed E-state index contributed by atoms with van der Waals surface area (Å²) in [5, 5.41) is 19.3. The highest BCUT2D eigenvalue weighted by Crippen LogP contribution is 2.34. The minimum Gasteiger partial charge on any atom is -0.465 e. The van der Waals surface area contributed by atoms with Crippen molar-refractivity contribution in [3.63, 3.8) is 0 Å². The summed E-state index contributed by atoms with van der Waals surface area (Å²) in [7, 11) is 0. The molecule has 1 rings (SSSR count). The van der Waals surface area contributed by atoms with Crippen molar-refractivity contribution in [3.8, 4) is 0 Å². The average molecular weight is 230 g/mol. The van der Waals surface area contributed by atoms with E-state index in [1.165, 1.54) is 4.90 Å². The minimum absolute atomic E-state index is 0.000162. The van der Waals surface area contributed by atoms with E-state index >= 15 is 0 Å². The molecule has 0 bridgehead atoms. The van der Waals surface area contributed by atoms with Crippen LogP contribution in [0.15, 0.2) is 0 Å². The van der Waals surface area contributed by atoms with Crippen molar-refractivity contribution in [2.45, 2.75) is 39.3 Å². The summed E-state index contributed by atoms with van der Waals surface area (Å²) in [6.45, 7) is 6.68. The molecule has 1 amide bonds. The maximum absolute atomic E-state index is 11.1. The molecule has 4 N–H and O–H groups in total. The Morgan fingerprint density at radius 1 is 1.50 bits per heavy atom. The molecule has 1 fully saturated rings. The van der Waals surface area contributed by atoms with Gasteiger partial charge in [0.15, 0.2) is 0 Å². The molecule has 3 atom stereocenters. The molecular weight excluding hydrogens is 208 g/mol. The zero-order valence-electron chi connectivity index (χ0n) is 10.2. The SMILES string of the molecule is CC(C)(C)[C@@H]1[C@@H](O)[C@@H](CN)CCN1C(=O)O. The van der Waals surface area contributed by atoms with Crippen LogP contribution in [0.4, 0.5) is 4.79 Å². The number of aliphatic hydroxyl groups is 1. The first-order chi connectivity index (χ1) is 7.29. The summed E-state index contributed by atoms with van der Waals surface area (Å²) in [5.41, 5.74) is 5.31. The number of carboxylic acid groups (broad SMARTS) is 1. The monoisotopic (exact) mass is 230 g/mol. The standard InChI is InChI=1S/C11H22N2O3/c1-11(2,3)9-8(14)7(6-12)4-5-13(9)10(15)16/h7-9,14H,4-6,12H2,1-3H3,(H,15,16)/t7-,8+,9+/m1/s1. The smallest absolute Gasteiger partial charge is 0.407 e. The fourth-order valence-corrected chi connectivity index (χ4v) is 2.51. The normalized spacial score (nSPS) is 31.6. The Morgan fingerprint density at radius 3 is 2.44 bits per heavy atom. The lowest BCUT2D eigenvalue weighted by molar-refractivity contribution is -0.0601. The van der Waals surface area contributed by atoms with E-state index in [0.717, 1.165) is 0 Å². The molecule has 5 heteroatoms. The fraction of sp³-hybridized carbons (Fsp3) is 0.909. The third-order valence-electron chi connectivity index (χ3n) is 3.32. The van der Waals surface area contributed by atoms with Gasteiger partial charge in [-0.05, 0) is 18.4 Å². The highest BCUT2D eigenvalue weighted by Gasteiger charge is 2.44. The number of nitrogens with zero attached hydrogens (tertiary/aromatic N) is 1. The lowest BCUT2D eigenvalue weighted by atomic mass is 9.75. The maximum Gasteiger partial charge on any atom is 0.407 e. The summed E-state index contributed by atoms with van der Waals surface area (Å²) < 4.78 is 0. The molecule has 0 aliphatic carbocycles. The zero-order chi connectivity index (χ0) is 12.5. The second-order valence-corrected chi connectivity index (χ2v) is 5.56. The van der Waals surface area contributed by atoms with Crippen molar-refractivity contribution in [1.29, 1.82) is 0 Å². The van der Waals surface area contributed by atoms with Gasteiger partial charge in [-0.3, -0.25) is 0 Å². The van der Waals surface area contributed by atoms with E-state index in [-0.39, 0.29) is 17.4 Å². The first kappa shape index (κ1) is 13.3. The Morgan fingerprint density at radius 2 is 2.06 bits per heavy atom. The zero-order valence-corrected chi connectivity index (χ0v) is 10.2. The fourth-order valence-electron chi connectivity index (χ4n) is 2.51. The van der Waals surface area contributed by atoms with Gasteiger partial charge in [0.1, 0.15) is 0 Å². The molecule has 94 valence electrons. The van der Waals surface area contributed by atoms with E-state index in [1.807, 2.05) is 20.8 Å². The summed E-state index contributed by atoms with van der Waals surface area (Å²) in [6, 6.07) is -0.382. The second-order valence-electron chi connectivity index (χ2n) is 5.56. The van der Waals surface area contributed by atoms with Crippen LogP contribution in [0.2, 0.25) is 0 Å². The molecule has 1 saturated heterocycles. The number of piperidine rings is 1. The number of likely N-dealkylation sites (tertiary alicyclic amines) is 1. The number of hydrogen-bond acceptors (Lipinski definition) is 3. The first-order valence-electron chi connectivity index (χ1n) is 5.66. The van der Waals surface area contributed by atoms with Crippen LogP contribution in [0.3, 0.4) is 0 Å². The second kappa shape index (κ2) is 4.59. The Labute approximate surface area is 96.2 Å². The van der Waals surface area contributed by atoms with Crippen LogP contribution >= 0.6 is 0 Å². The van der Waals surface area contributed by atoms with Gasteiger partial charge in [0.2, 0.25) is 0 Å². The van der Waals surface area contributed by atoms with E-state index < -0.39 is 12.2 Å². The van der Waals surface area contributed by atoms with E-state index in [9.17, 15) is 9.90 Å². The van der Waals surface area contributed by atoms with Gasteiger partial charge in [0, 0.05) is 12.5 Å². The molecule has 0 saturated carbocycles. The molecule has 5 nitrogen and oxygen atoms in total. The van der Waals surface area contributed by atoms with Crippen LogP contribution in [0.5, 0.6) is 0 Å². The predicted octanol–water partition coefficient (Wildman–Crippen LogP) is 0.721. The van der Waals surface area contributed by atoms with Crippen molar-refractivity contribution < 1.29 is 15.0 Å². The van der Waals surface area contributed by atoms with E-state index in [0.29, 0.717) is 19.5 Å². The molecule has 1 heterocycles. The van der Waals surface area contributed by atoms with E-state index in [2.05, 4.69) is 0 Å². The third-order valence-corrected chi connectivity index (χ3v) is 3.32. The summed E-state index contributed by atoms with van der Waals surface area (Å²) in [4.78, 5) is 12.5. The van der Waals surface area contributed by atoms with Crippen LogP contribution in [-0.4, -0.2) is 46.4 Å². The molecule has 0 radical (unpaired) electrons. The first-order valence-corrected chi connectivity index (χ1v) is 5.66. The maximum atomic E-state index is 11.1. The Hall–Kier alpha value is -0.810. The highest BCUT2D eigenvalue weighted by atomic mass is 16.4. The van der Waals surface area contributed by atoms with Gasteiger partial charge in [-0.25, -0.2) is 4.79 Å². The van der Waals surface area contributed by atoms with Crippen molar-refractivity contribution in [3.05, 3.63) is 0 Å². The molecule has 1 aliphatic heterocycles. The van der Waals surface area contributed by atoms with Gasteiger partial charge in [0.05, 0.1) is 12.1 Å². The summed E-state index contributed by atoms with van der Waals surface area (Å²) in [6.07, 6.45) is -0.999. The Kier molecular flexibility index (Phi) is 3.80. The molecule has 0 unspecified atom stereocenters. The van der Waals surface area contributed by atoms with Crippen molar-refractivity contribution in [1.82, 2.24) is 4.90 Å². The van der Waals surface area contributed by atoms with Crippen molar-refractivity contribution in [2.75, 3.05) is 13.1 Å². The molecule has 16 heavy (non-hydrogen) atoms. The Balaban J connectivity index is 2.95. The van der Waals surface area contributed by atoms with Gasteiger partial charge >= 0.3 is 6.09 Å². The van der Waals surface area contributed by atoms with Gasteiger partial charge in [-0.2, -0.15) is 0 Å². The Bertz CT molecular complexity index is 262. The summed E-state index contributed by atoms with van der Waals surface area (Å²) in [5.74, 6) is -0.000162. The highest BCUT2D eigenvalue weighted by molar-refractivity contribution is 5.65. The lowest BCUT2D eigenvalue weighted by Gasteiger charge is -2.47. The van der Waals surface area contributed by atoms with Gasteiger partial charge in [-0.1, -0.05) is 20.8 Å². The summed E-state index contributed by atoms with van der Waals surface area (Å²) >= 11 is 0. The number of amides is 1. The van der Waals surface area contributed by atoms with Gasteiger partial charge in [0.25, 0.3) is 0 Å². The number of rotatable bonds is 1. The molecule has 0 aromatic carbocycles. The van der Waals surface area contributed by atoms with Crippen LogP contribution in [0.1, 0.15) is 27.2 Å². The number of hydrogen-bond donors (Lipinski definition) is 3. The van der Waals surface area contributed by atoms with Crippen LogP contribution in [-0.2, 0) is 0 Å². The van der Waals surface area contributed by atoms with Crippen LogP contribution in [0, 0.1) is 11.3 Å². The van der Waals surface area contributed by atoms with Crippen molar-refractivity contribution >= 4 is 6.09 Å². The number of aliphatic hydroxyl groups excluding tert-OH is 1. The van der Waals surface area contributed by atoms with E-state index in [1.54, 1.807) is 0 Å². The quantitative estimate of drug-likeness (QED) is 0.619. The van der Waals surface area contributed by atoms with Gasteiger partial charge < -0.3 is 20.8 Å². The lowest BCUT2D eigenvalue weighted by Crippen LogP contribution is -2.60. The number of carbonyl (C=O) groups is 1. The largest absolute Gasteiger partial charge is 0.465 e. The molecule has 0 spiro atoms. The molecular formula is C11H22N2O3. The van der Waals surface area contributed by atoms with E-state index in [4.69, 9.17) is 10.8 Å².